The molecule has 0 aliphatic carbocycles. The maximum absolute atomic E-state index is 12.4. The first-order chi connectivity index (χ1) is 17.3. The Labute approximate surface area is 216 Å². The van der Waals surface area contributed by atoms with E-state index < -0.39 is 4.92 Å². The summed E-state index contributed by atoms with van der Waals surface area (Å²) >= 11 is 7.26. The number of anilines is 1. The normalized spacial score (nSPS) is 10.8. The number of hydrogen-bond acceptors (Lipinski definition) is 7. The number of nitro benzene ring substituents is 1. The molecule has 0 aliphatic rings. The fraction of sp³-hybridized carbons (Fsp3) is 0.167. The van der Waals surface area contributed by atoms with Crippen molar-refractivity contribution in [3.63, 3.8) is 0 Å². The van der Waals surface area contributed by atoms with Crippen molar-refractivity contribution < 1.29 is 14.5 Å². The zero-order valence-corrected chi connectivity index (χ0v) is 20.9. The molecule has 2 amide bonds. The number of allylic oxidation sites excluding steroid dienone is 1. The molecular weight excluding hydrogens is 504 g/mol. The van der Waals surface area contributed by atoms with Crippen molar-refractivity contribution in [1.82, 2.24) is 20.1 Å². The van der Waals surface area contributed by atoms with Gasteiger partial charge in [0.2, 0.25) is 11.8 Å². The zero-order chi connectivity index (χ0) is 26.1. The molecule has 2 aromatic carbocycles. The Bertz CT molecular complexity index is 1320. The van der Waals surface area contributed by atoms with E-state index in [4.69, 9.17) is 11.6 Å². The molecule has 12 heteroatoms. The van der Waals surface area contributed by atoms with Crippen LogP contribution in [0.1, 0.15) is 17.0 Å². The molecule has 0 saturated carbocycles. The number of halogens is 1. The zero-order valence-electron chi connectivity index (χ0n) is 19.3. The van der Waals surface area contributed by atoms with Gasteiger partial charge in [-0.25, -0.2) is 0 Å². The number of hydrogen-bond donors (Lipinski definition) is 2. The molecular formula is C24H23ClN6O4S. The Morgan fingerprint density at radius 2 is 2.03 bits per heavy atom. The Morgan fingerprint density at radius 3 is 2.72 bits per heavy atom. The molecule has 0 atom stereocenters. The Hall–Kier alpha value is -3.96. The van der Waals surface area contributed by atoms with E-state index >= 15 is 0 Å². The number of rotatable bonds is 11. The molecule has 3 aromatic rings. The number of thioether (sulfide) groups is 1. The molecule has 0 bridgehead atoms. The molecule has 36 heavy (non-hydrogen) atoms. The molecule has 0 radical (unpaired) electrons. The number of nitrogens with zero attached hydrogens (tertiary/aromatic N) is 4. The van der Waals surface area contributed by atoms with Gasteiger partial charge < -0.3 is 15.2 Å². The first-order valence-electron chi connectivity index (χ1n) is 10.7. The molecule has 2 N–H and O–H groups in total. The number of benzene rings is 2. The van der Waals surface area contributed by atoms with Gasteiger partial charge in [-0.1, -0.05) is 47.6 Å². The molecule has 0 saturated heterocycles. The second-order valence-corrected chi connectivity index (χ2v) is 8.81. The number of nitro groups is 1. The van der Waals surface area contributed by atoms with Crippen molar-refractivity contribution in [3.8, 4) is 0 Å². The summed E-state index contributed by atoms with van der Waals surface area (Å²) in [5, 5.41) is 25.7. The van der Waals surface area contributed by atoms with E-state index in [0.29, 0.717) is 33.8 Å². The third-order valence-corrected chi connectivity index (χ3v) is 6.18. The first-order valence-corrected chi connectivity index (χ1v) is 12.1. The summed E-state index contributed by atoms with van der Waals surface area (Å²) in [6, 6.07) is 11.4. The highest BCUT2D eigenvalue weighted by Gasteiger charge is 2.15. The van der Waals surface area contributed by atoms with E-state index in [0.717, 1.165) is 5.56 Å². The minimum atomic E-state index is -0.490. The number of nitrogens with one attached hydrogen (secondary N) is 2. The van der Waals surface area contributed by atoms with E-state index in [1.807, 2.05) is 12.1 Å². The van der Waals surface area contributed by atoms with Gasteiger partial charge in [-0.3, -0.25) is 19.7 Å². The van der Waals surface area contributed by atoms with Gasteiger partial charge in [0.05, 0.1) is 17.2 Å². The lowest BCUT2D eigenvalue weighted by atomic mass is 10.2. The predicted octanol–water partition coefficient (Wildman–Crippen LogP) is 4.39. The maximum Gasteiger partial charge on any atom is 0.269 e. The highest BCUT2D eigenvalue weighted by Crippen LogP contribution is 2.23. The third kappa shape index (κ3) is 7.27. The lowest BCUT2D eigenvalue weighted by molar-refractivity contribution is -0.384. The third-order valence-electron chi connectivity index (χ3n) is 4.87. The van der Waals surface area contributed by atoms with Crippen molar-refractivity contribution in [1.29, 1.82) is 0 Å². The highest BCUT2D eigenvalue weighted by atomic mass is 35.5. The quantitative estimate of drug-likeness (QED) is 0.124. The highest BCUT2D eigenvalue weighted by molar-refractivity contribution is 7.99. The van der Waals surface area contributed by atoms with Gasteiger partial charge in [0.25, 0.3) is 5.69 Å². The average Bonchev–Trinajstić information content (AvgIpc) is 3.23. The average molecular weight is 527 g/mol. The number of carbonyl (C=O) groups excluding carboxylic acids is 2. The minimum Gasteiger partial charge on any atom is -0.345 e. The monoisotopic (exact) mass is 526 g/mol. The lowest BCUT2D eigenvalue weighted by Gasteiger charge is -2.09. The van der Waals surface area contributed by atoms with Crippen molar-refractivity contribution in [2.45, 2.75) is 25.2 Å². The summed E-state index contributed by atoms with van der Waals surface area (Å²) in [4.78, 5) is 35.1. The first kappa shape index (κ1) is 26.6. The van der Waals surface area contributed by atoms with Gasteiger partial charge in [0, 0.05) is 35.5 Å². The van der Waals surface area contributed by atoms with Crippen LogP contribution in [-0.2, 0) is 22.7 Å². The van der Waals surface area contributed by atoms with E-state index in [1.165, 1.54) is 36.0 Å². The van der Waals surface area contributed by atoms with Crippen LogP contribution in [0, 0.1) is 17.0 Å². The number of aromatic nitrogens is 3. The molecule has 0 spiro atoms. The molecule has 0 unspecified atom stereocenters. The van der Waals surface area contributed by atoms with Crippen LogP contribution in [0.2, 0.25) is 5.02 Å². The molecule has 0 aliphatic heterocycles. The van der Waals surface area contributed by atoms with Crippen LogP contribution in [-0.4, -0.2) is 37.3 Å². The molecule has 3 rings (SSSR count). The Balaban J connectivity index is 1.58. The second-order valence-electron chi connectivity index (χ2n) is 7.46. The lowest BCUT2D eigenvalue weighted by Crippen LogP contribution is -2.23. The maximum atomic E-state index is 12.4. The van der Waals surface area contributed by atoms with E-state index in [2.05, 4.69) is 27.4 Å². The summed E-state index contributed by atoms with van der Waals surface area (Å²) < 4.78 is 1.75. The minimum absolute atomic E-state index is 0.0403. The standard InChI is InChI=1S/C24H23ClN6O4S/c1-3-12-30-21(14-26-22(32)11-8-17-6-4-5-7-19(17)25)28-29-24(30)36-15-23(33)27-20-10-9-18(31(34)35)13-16(20)2/h3-11,13H,1,12,14-15H2,2H3,(H,26,32)(H,27,33)/b11-8+. The van der Waals surface area contributed by atoms with Gasteiger partial charge in [-0.2, -0.15) is 0 Å². The van der Waals surface area contributed by atoms with Crippen molar-refractivity contribution in [2.75, 3.05) is 11.1 Å². The number of amides is 2. The van der Waals surface area contributed by atoms with Crippen LogP contribution < -0.4 is 10.6 Å². The van der Waals surface area contributed by atoms with Gasteiger partial charge >= 0.3 is 0 Å². The van der Waals surface area contributed by atoms with Crippen molar-refractivity contribution >= 4 is 52.6 Å². The van der Waals surface area contributed by atoms with Crippen LogP contribution in [0.25, 0.3) is 6.08 Å². The molecule has 0 fully saturated rings. The van der Waals surface area contributed by atoms with Crippen LogP contribution in [0.4, 0.5) is 11.4 Å². The topological polar surface area (TPSA) is 132 Å². The Kier molecular flexibility index (Phi) is 9.37. The predicted molar refractivity (Wildman–Crippen MR) is 140 cm³/mol. The molecule has 186 valence electrons. The summed E-state index contributed by atoms with van der Waals surface area (Å²) in [6.45, 7) is 5.94. The summed E-state index contributed by atoms with van der Waals surface area (Å²) in [7, 11) is 0. The van der Waals surface area contributed by atoms with Crippen LogP contribution >= 0.6 is 23.4 Å². The SMILES string of the molecule is C=CCn1c(CNC(=O)/C=C/c2ccccc2Cl)nnc1SCC(=O)Nc1ccc([N+](=O)[O-])cc1C. The fourth-order valence-corrected chi connectivity index (χ4v) is 4.05. The van der Waals surface area contributed by atoms with Crippen LogP contribution in [0.3, 0.4) is 0 Å². The van der Waals surface area contributed by atoms with E-state index in [1.54, 1.807) is 35.8 Å². The van der Waals surface area contributed by atoms with Gasteiger partial charge in [-0.05, 0) is 36.3 Å². The van der Waals surface area contributed by atoms with E-state index in [-0.39, 0.29) is 29.8 Å². The van der Waals surface area contributed by atoms with E-state index in [9.17, 15) is 19.7 Å². The largest absolute Gasteiger partial charge is 0.345 e. The summed E-state index contributed by atoms with van der Waals surface area (Å²) in [6.07, 6.45) is 4.67. The Morgan fingerprint density at radius 1 is 1.25 bits per heavy atom. The van der Waals surface area contributed by atoms with Crippen LogP contribution in [0.15, 0.2) is 66.4 Å². The summed E-state index contributed by atoms with van der Waals surface area (Å²) in [5.74, 6) is -0.0816. The molecule has 1 heterocycles. The van der Waals surface area contributed by atoms with Gasteiger partial charge in [-0.15, -0.1) is 16.8 Å². The van der Waals surface area contributed by atoms with Crippen molar-refractivity contribution in [2.24, 2.45) is 0 Å². The molecule has 10 nitrogen and oxygen atoms in total. The number of carbonyl (C=O) groups is 2. The second kappa shape index (κ2) is 12.7. The smallest absolute Gasteiger partial charge is 0.269 e. The van der Waals surface area contributed by atoms with Crippen LogP contribution in [0.5, 0.6) is 0 Å². The number of non-ortho nitro benzene ring substituents is 1. The summed E-state index contributed by atoms with van der Waals surface area (Å²) in [5.41, 5.74) is 1.76. The van der Waals surface area contributed by atoms with Gasteiger partial charge in [0.1, 0.15) is 0 Å². The fourth-order valence-electron chi connectivity index (χ4n) is 3.09. The molecule has 1 aromatic heterocycles. The van der Waals surface area contributed by atoms with Gasteiger partial charge in [0.15, 0.2) is 11.0 Å². The van der Waals surface area contributed by atoms with Crippen molar-refractivity contribution in [3.05, 3.63) is 93.3 Å². The number of aryl methyl sites for hydroxylation is 1.